The molecular formula is C19H28O8. The lowest BCUT2D eigenvalue weighted by molar-refractivity contribution is -0.341. The molecule has 1 aliphatic heterocycles. The highest BCUT2D eigenvalue weighted by Gasteiger charge is 2.73. The van der Waals surface area contributed by atoms with Crippen LogP contribution in [0.4, 0.5) is 0 Å². The number of aliphatic hydroxyl groups is 6. The van der Waals surface area contributed by atoms with Gasteiger partial charge in [-0.1, -0.05) is 6.92 Å². The van der Waals surface area contributed by atoms with Crippen molar-refractivity contribution in [2.45, 2.75) is 75.3 Å². The van der Waals surface area contributed by atoms with Gasteiger partial charge in [0.2, 0.25) is 0 Å². The lowest BCUT2D eigenvalue weighted by Crippen LogP contribution is -2.79. The molecule has 1 saturated heterocycles. The number of ketones is 1. The van der Waals surface area contributed by atoms with Crippen molar-refractivity contribution in [3.63, 3.8) is 0 Å². The van der Waals surface area contributed by atoms with E-state index in [2.05, 4.69) is 0 Å². The van der Waals surface area contributed by atoms with Gasteiger partial charge in [0, 0.05) is 24.7 Å². The van der Waals surface area contributed by atoms with Crippen LogP contribution in [0, 0.1) is 17.3 Å². The molecule has 3 aliphatic carbocycles. The van der Waals surface area contributed by atoms with E-state index in [1.807, 2.05) is 0 Å². The van der Waals surface area contributed by atoms with E-state index in [9.17, 15) is 35.4 Å². The van der Waals surface area contributed by atoms with Gasteiger partial charge in [0.1, 0.15) is 17.3 Å². The first kappa shape index (κ1) is 19.4. The molecule has 8 nitrogen and oxygen atoms in total. The summed E-state index contributed by atoms with van der Waals surface area (Å²) in [6, 6.07) is 0. The van der Waals surface area contributed by atoms with Crippen LogP contribution >= 0.6 is 0 Å². The largest absolute Gasteiger partial charge is 0.392 e. The van der Waals surface area contributed by atoms with Gasteiger partial charge in [-0.3, -0.25) is 4.79 Å². The van der Waals surface area contributed by atoms with E-state index in [0.717, 1.165) is 0 Å². The van der Waals surface area contributed by atoms with Crippen LogP contribution in [0.25, 0.3) is 0 Å². The standard InChI is InChI=1S/C19H28O8/c1-7-9(20)5-18(25)8(2)12(7)13(22)15(23)17(3)10(21)4-11-19(26,6-27-11)14(17)16(18)24/h8-11,13-14,16,20-22,24-26H,4-6H2,1-3H3/t8?,9-,10-,11+,13?,14-,16-,17+,18-,19-/m0/s1. The molecule has 3 fully saturated rings. The molecule has 6 N–H and O–H groups in total. The van der Waals surface area contributed by atoms with Crippen LogP contribution in [0.5, 0.6) is 0 Å². The van der Waals surface area contributed by atoms with Crippen LogP contribution in [-0.2, 0) is 9.53 Å². The number of carbonyl (C=O) groups is 1. The molecule has 8 heteroatoms. The Bertz CT molecular complexity index is 720. The summed E-state index contributed by atoms with van der Waals surface area (Å²) in [6.45, 7) is 4.46. The van der Waals surface area contributed by atoms with Gasteiger partial charge >= 0.3 is 0 Å². The number of rotatable bonds is 0. The zero-order valence-corrected chi connectivity index (χ0v) is 15.7. The zero-order chi connectivity index (χ0) is 20.1. The second-order valence-electron chi connectivity index (χ2n) is 9.09. The van der Waals surface area contributed by atoms with E-state index in [0.29, 0.717) is 5.57 Å². The highest BCUT2D eigenvalue weighted by Crippen LogP contribution is 2.59. The molecule has 0 aromatic carbocycles. The maximum Gasteiger partial charge on any atom is 0.174 e. The fourth-order valence-electron chi connectivity index (χ4n) is 6.02. The first-order valence-corrected chi connectivity index (χ1v) is 9.44. The molecule has 27 heavy (non-hydrogen) atoms. The molecule has 0 aromatic heterocycles. The van der Waals surface area contributed by atoms with Gasteiger partial charge in [0.25, 0.3) is 0 Å². The summed E-state index contributed by atoms with van der Waals surface area (Å²) in [6.07, 6.45) is -6.66. The lowest BCUT2D eigenvalue weighted by atomic mass is 9.47. The number of hydrogen-bond donors (Lipinski definition) is 6. The van der Waals surface area contributed by atoms with Gasteiger partial charge < -0.3 is 35.4 Å². The zero-order valence-electron chi connectivity index (χ0n) is 15.7. The normalized spacial score (nSPS) is 58.0. The molecule has 2 bridgehead atoms. The molecule has 4 aliphatic rings. The van der Waals surface area contributed by atoms with E-state index in [1.165, 1.54) is 6.92 Å². The van der Waals surface area contributed by atoms with E-state index in [4.69, 9.17) is 4.74 Å². The highest BCUT2D eigenvalue weighted by molar-refractivity contribution is 5.93. The lowest BCUT2D eigenvalue weighted by Gasteiger charge is -2.65. The van der Waals surface area contributed by atoms with Crippen molar-refractivity contribution in [1.29, 1.82) is 0 Å². The van der Waals surface area contributed by atoms with Crippen LogP contribution in [0.1, 0.15) is 33.6 Å². The summed E-state index contributed by atoms with van der Waals surface area (Å²) in [7, 11) is 0. The van der Waals surface area contributed by atoms with Crippen LogP contribution in [0.3, 0.4) is 0 Å². The average Bonchev–Trinajstić information content (AvgIpc) is 2.60. The molecule has 0 spiro atoms. The summed E-state index contributed by atoms with van der Waals surface area (Å²) in [5.74, 6) is -2.80. The fraction of sp³-hybridized carbons (Fsp3) is 0.842. The smallest absolute Gasteiger partial charge is 0.174 e. The van der Waals surface area contributed by atoms with Gasteiger partial charge in [-0.25, -0.2) is 0 Å². The van der Waals surface area contributed by atoms with Gasteiger partial charge in [-0.2, -0.15) is 0 Å². The van der Waals surface area contributed by atoms with Crippen molar-refractivity contribution in [3.8, 4) is 0 Å². The molecular weight excluding hydrogens is 356 g/mol. The molecule has 0 amide bonds. The minimum Gasteiger partial charge on any atom is -0.392 e. The number of aliphatic hydroxyl groups excluding tert-OH is 4. The van der Waals surface area contributed by atoms with Gasteiger partial charge in [0.05, 0.1) is 36.4 Å². The summed E-state index contributed by atoms with van der Waals surface area (Å²) in [5, 5.41) is 66.0. The second-order valence-corrected chi connectivity index (χ2v) is 9.09. The Morgan fingerprint density at radius 1 is 1.11 bits per heavy atom. The van der Waals surface area contributed by atoms with Crippen LogP contribution in [0.15, 0.2) is 11.1 Å². The number of fused-ring (bicyclic) bond motifs is 5. The number of ether oxygens (including phenoxy) is 1. The third-order valence-corrected chi connectivity index (χ3v) is 7.98. The van der Waals surface area contributed by atoms with E-state index < -0.39 is 64.8 Å². The van der Waals surface area contributed by atoms with E-state index >= 15 is 0 Å². The summed E-state index contributed by atoms with van der Waals surface area (Å²) in [5.41, 5.74) is -4.62. The van der Waals surface area contributed by atoms with E-state index in [-0.39, 0.29) is 25.0 Å². The average molecular weight is 384 g/mol. The van der Waals surface area contributed by atoms with Crippen molar-refractivity contribution < 1.29 is 40.2 Å². The number of hydrogen-bond acceptors (Lipinski definition) is 8. The third-order valence-electron chi connectivity index (χ3n) is 7.98. The molecule has 1 heterocycles. The molecule has 0 radical (unpaired) electrons. The molecule has 10 atom stereocenters. The molecule has 2 saturated carbocycles. The quantitative estimate of drug-likeness (QED) is 0.270. The van der Waals surface area contributed by atoms with Gasteiger partial charge in [-0.15, -0.1) is 0 Å². The van der Waals surface area contributed by atoms with Crippen LogP contribution in [0.2, 0.25) is 0 Å². The SMILES string of the molecule is CC1=C2C(O)C(=O)[C@@]3(C)[C@H]([C@H](O)[C@](O)(C[C@@H]1O)C2C)[C@]1(O)CO[C@@H]1C[C@@H]3O. The summed E-state index contributed by atoms with van der Waals surface area (Å²) in [4.78, 5) is 13.4. The maximum absolute atomic E-state index is 13.4. The van der Waals surface area contributed by atoms with Crippen LogP contribution < -0.4 is 0 Å². The fourth-order valence-corrected chi connectivity index (χ4v) is 6.02. The van der Waals surface area contributed by atoms with Crippen molar-refractivity contribution >= 4 is 5.78 Å². The predicted octanol–water partition coefficient (Wildman–Crippen LogP) is -1.74. The van der Waals surface area contributed by atoms with Crippen LogP contribution in [-0.4, -0.2) is 84.8 Å². The first-order valence-electron chi connectivity index (χ1n) is 9.44. The molecule has 2 unspecified atom stereocenters. The highest BCUT2D eigenvalue weighted by atomic mass is 16.6. The Morgan fingerprint density at radius 3 is 2.30 bits per heavy atom. The Morgan fingerprint density at radius 2 is 1.74 bits per heavy atom. The van der Waals surface area contributed by atoms with Crippen molar-refractivity contribution in [2.24, 2.45) is 17.3 Å². The monoisotopic (exact) mass is 384 g/mol. The maximum atomic E-state index is 13.4. The molecule has 152 valence electrons. The number of carbonyl (C=O) groups excluding carboxylic acids is 1. The third kappa shape index (κ3) is 2.09. The Kier molecular flexibility index (Phi) is 4.03. The topological polar surface area (TPSA) is 148 Å². The van der Waals surface area contributed by atoms with Gasteiger partial charge in [-0.05, 0) is 25.0 Å². The minimum absolute atomic E-state index is 0.0106. The minimum atomic E-state index is -1.88. The first-order chi connectivity index (χ1) is 12.4. The van der Waals surface area contributed by atoms with Crippen molar-refractivity contribution in [1.82, 2.24) is 0 Å². The van der Waals surface area contributed by atoms with E-state index in [1.54, 1.807) is 13.8 Å². The Balaban J connectivity index is 1.97. The summed E-state index contributed by atoms with van der Waals surface area (Å²) < 4.78 is 5.35. The van der Waals surface area contributed by atoms with Crippen molar-refractivity contribution in [2.75, 3.05) is 6.61 Å². The number of Topliss-reactive ketones (excluding diaryl/α,β-unsaturated/α-hetero) is 1. The van der Waals surface area contributed by atoms with Crippen molar-refractivity contribution in [3.05, 3.63) is 11.1 Å². The second kappa shape index (κ2) is 5.60. The molecule has 0 aromatic rings. The summed E-state index contributed by atoms with van der Waals surface area (Å²) >= 11 is 0. The Hall–Kier alpha value is -0.870. The molecule has 4 rings (SSSR count). The van der Waals surface area contributed by atoms with Gasteiger partial charge in [0.15, 0.2) is 5.78 Å². The predicted molar refractivity (Wildman–Crippen MR) is 91.4 cm³/mol. The Labute approximate surface area is 157 Å².